The van der Waals surface area contributed by atoms with Crippen molar-refractivity contribution in [2.75, 3.05) is 4.90 Å². The lowest BCUT2D eigenvalue weighted by atomic mass is 9.65. The maximum Gasteiger partial charge on any atom is 0.248 e. The minimum atomic E-state index is -1.48. The highest BCUT2D eigenvalue weighted by molar-refractivity contribution is 6.21. The molecule has 2 spiro atoms. The van der Waals surface area contributed by atoms with Gasteiger partial charge in [0.25, 0.3) is 0 Å². The quantitative estimate of drug-likeness (QED) is 0.666. The van der Waals surface area contributed by atoms with E-state index in [2.05, 4.69) is 19.1 Å². The van der Waals surface area contributed by atoms with Crippen LogP contribution >= 0.6 is 0 Å². The van der Waals surface area contributed by atoms with Crippen LogP contribution < -0.4 is 10.6 Å². The summed E-state index contributed by atoms with van der Waals surface area (Å²) in [6, 6.07) is 8.17. The Balaban J connectivity index is 1.71. The van der Waals surface area contributed by atoms with Crippen molar-refractivity contribution in [2.45, 2.75) is 81.6 Å². The van der Waals surface area contributed by atoms with Gasteiger partial charge in [-0.2, -0.15) is 5.26 Å². The fourth-order valence-electron chi connectivity index (χ4n) is 7.21. The number of anilines is 1. The summed E-state index contributed by atoms with van der Waals surface area (Å²) in [6.07, 6.45) is 7.71. The third-order valence-corrected chi connectivity index (χ3v) is 8.40. The van der Waals surface area contributed by atoms with E-state index in [-0.39, 0.29) is 28.7 Å². The summed E-state index contributed by atoms with van der Waals surface area (Å²) in [7, 11) is 0. The molecule has 164 valence electrons. The van der Waals surface area contributed by atoms with Gasteiger partial charge < -0.3 is 15.4 Å². The average Bonchev–Trinajstić information content (AvgIpc) is 3.03. The lowest BCUT2D eigenvalue weighted by molar-refractivity contribution is -0.126. The third kappa shape index (κ3) is 2.14. The van der Waals surface area contributed by atoms with Crippen LogP contribution in [0.5, 0.6) is 0 Å². The topological polar surface area (TPSA) is 96.4 Å². The molecule has 0 aromatic heterocycles. The maximum atomic E-state index is 14.7. The van der Waals surface area contributed by atoms with E-state index in [1.165, 1.54) is 6.42 Å². The summed E-state index contributed by atoms with van der Waals surface area (Å²) in [5, 5.41) is 10.2. The monoisotopic (exact) mass is 429 g/mol. The van der Waals surface area contributed by atoms with Crippen LogP contribution in [-0.4, -0.2) is 17.2 Å². The second-order valence-electron chi connectivity index (χ2n) is 10.1. The van der Waals surface area contributed by atoms with Crippen LogP contribution in [0.2, 0.25) is 0 Å². The summed E-state index contributed by atoms with van der Waals surface area (Å²) in [5.74, 6) is 0.429. The molecule has 2 N–H and O–H groups in total. The molecule has 6 nitrogen and oxygen atoms in total. The van der Waals surface area contributed by atoms with E-state index in [0.717, 1.165) is 48.9 Å². The number of carbonyl (C=O) groups is 2. The molecule has 2 aliphatic carbocycles. The van der Waals surface area contributed by atoms with Gasteiger partial charge in [-0.05, 0) is 37.2 Å². The van der Waals surface area contributed by atoms with Gasteiger partial charge in [0, 0.05) is 23.9 Å². The Bertz CT molecular complexity index is 1180. The lowest BCUT2D eigenvalue weighted by Crippen LogP contribution is -2.58. The minimum Gasteiger partial charge on any atom is -0.444 e. The highest BCUT2D eigenvalue weighted by atomic mass is 16.5. The molecule has 5 aliphatic rings. The van der Waals surface area contributed by atoms with E-state index >= 15 is 0 Å². The summed E-state index contributed by atoms with van der Waals surface area (Å²) in [5.41, 5.74) is 7.70. The second-order valence-corrected chi connectivity index (χ2v) is 10.1. The van der Waals surface area contributed by atoms with Crippen LogP contribution in [0.25, 0.3) is 0 Å². The molecule has 6 rings (SSSR count). The maximum absolute atomic E-state index is 14.7. The normalized spacial score (nSPS) is 30.4. The zero-order valence-corrected chi connectivity index (χ0v) is 18.4. The number of nitriles is 1. The molecule has 0 unspecified atom stereocenters. The number of allylic oxidation sites excluding steroid dienone is 1. The minimum absolute atomic E-state index is 0.0440. The van der Waals surface area contributed by atoms with E-state index in [1.807, 2.05) is 17.0 Å². The smallest absolute Gasteiger partial charge is 0.248 e. The highest BCUT2D eigenvalue weighted by Crippen LogP contribution is 2.62. The SMILES string of the molecule is C[C@H]1CC2(CCCCC2)N2C(=O)[C@@]3(C(C#N)=C(N)OC4=C3C(=O)CCC4)c3cccc1c32. The van der Waals surface area contributed by atoms with Crippen molar-refractivity contribution in [3.63, 3.8) is 0 Å². The molecule has 0 saturated heterocycles. The predicted octanol–water partition coefficient (Wildman–Crippen LogP) is 4.21. The summed E-state index contributed by atoms with van der Waals surface area (Å²) in [6.45, 7) is 2.23. The van der Waals surface area contributed by atoms with Crippen molar-refractivity contribution in [1.82, 2.24) is 0 Å². The number of ether oxygens (including phenoxy) is 1. The van der Waals surface area contributed by atoms with Crippen molar-refractivity contribution in [3.8, 4) is 6.07 Å². The van der Waals surface area contributed by atoms with Gasteiger partial charge in [0.15, 0.2) is 5.78 Å². The zero-order chi connectivity index (χ0) is 22.3. The van der Waals surface area contributed by atoms with E-state index in [1.54, 1.807) is 0 Å². The van der Waals surface area contributed by atoms with Crippen LogP contribution in [0.1, 0.15) is 81.8 Å². The Kier molecular flexibility index (Phi) is 3.97. The van der Waals surface area contributed by atoms with Gasteiger partial charge in [-0.15, -0.1) is 0 Å². The molecule has 1 saturated carbocycles. The second kappa shape index (κ2) is 6.48. The molecule has 0 radical (unpaired) electrons. The first-order valence-electron chi connectivity index (χ1n) is 11.8. The van der Waals surface area contributed by atoms with Gasteiger partial charge in [-0.3, -0.25) is 9.59 Å². The number of benzene rings is 1. The molecule has 3 heterocycles. The number of nitrogens with two attached hydrogens (primary N) is 1. The summed E-state index contributed by atoms with van der Waals surface area (Å²) < 4.78 is 5.81. The Hall–Kier alpha value is -3.07. The lowest BCUT2D eigenvalue weighted by Gasteiger charge is -2.51. The standard InChI is InChI=1S/C26H27N3O3/c1-15-13-25(11-3-2-4-12-25)29-22-16(15)7-5-8-17(22)26(24(29)31)18(14-27)23(28)32-20-10-6-9-19(30)21(20)26/h5,7-8,15H,2-4,6,9-13,28H2,1H3/t15-,26+/m0/s1. The number of fused-ring (bicyclic) bond motifs is 3. The first-order chi connectivity index (χ1) is 15.5. The van der Waals surface area contributed by atoms with E-state index < -0.39 is 5.41 Å². The molecule has 3 aliphatic heterocycles. The van der Waals surface area contributed by atoms with Gasteiger partial charge in [0.2, 0.25) is 11.8 Å². The van der Waals surface area contributed by atoms with Crippen LogP contribution in [-0.2, 0) is 19.7 Å². The fourth-order valence-corrected chi connectivity index (χ4v) is 7.21. The number of para-hydroxylation sites is 1. The number of Topliss-reactive ketones (excluding diaryl/α,β-unsaturated/α-hetero) is 1. The number of amides is 1. The van der Waals surface area contributed by atoms with Crippen molar-refractivity contribution in [3.05, 3.63) is 52.1 Å². The van der Waals surface area contributed by atoms with E-state index in [9.17, 15) is 14.9 Å². The molecule has 6 heteroatoms. The first kappa shape index (κ1) is 19.6. The van der Waals surface area contributed by atoms with Gasteiger partial charge in [0.1, 0.15) is 22.8 Å². The molecule has 1 aromatic rings. The molecule has 1 amide bonds. The Labute approximate surface area is 187 Å². The van der Waals surface area contributed by atoms with Crippen molar-refractivity contribution in [1.29, 1.82) is 5.26 Å². The molecule has 2 atom stereocenters. The van der Waals surface area contributed by atoms with Crippen molar-refractivity contribution >= 4 is 17.4 Å². The van der Waals surface area contributed by atoms with Crippen LogP contribution in [0.15, 0.2) is 41.0 Å². The Morgan fingerprint density at radius 1 is 1.16 bits per heavy atom. The summed E-state index contributed by atoms with van der Waals surface area (Å²) >= 11 is 0. The molecule has 1 aromatic carbocycles. The van der Waals surface area contributed by atoms with Crippen LogP contribution in [0.3, 0.4) is 0 Å². The van der Waals surface area contributed by atoms with Gasteiger partial charge in [-0.1, -0.05) is 44.4 Å². The average molecular weight is 430 g/mol. The molecular formula is C26H27N3O3. The van der Waals surface area contributed by atoms with Gasteiger partial charge in [-0.25, -0.2) is 0 Å². The van der Waals surface area contributed by atoms with Gasteiger partial charge >= 0.3 is 0 Å². The Morgan fingerprint density at radius 2 is 1.94 bits per heavy atom. The van der Waals surface area contributed by atoms with Gasteiger partial charge in [0.05, 0.1) is 11.3 Å². The fraction of sp³-hybridized carbons (Fsp3) is 0.500. The molecule has 0 bridgehead atoms. The van der Waals surface area contributed by atoms with Crippen molar-refractivity contribution < 1.29 is 14.3 Å². The van der Waals surface area contributed by atoms with E-state index in [0.29, 0.717) is 36.5 Å². The number of rotatable bonds is 0. The highest BCUT2D eigenvalue weighted by Gasteiger charge is 2.66. The van der Waals surface area contributed by atoms with Crippen LogP contribution in [0.4, 0.5) is 5.69 Å². The van der Waals surface area contributed by atoms with Crippen molar-refractivity contribution in [2.24, 2.45) is 5.73 Å². The van der Waals surface area contributed by atoms with E-state index in [4.69, 9.17) is 10.5 Å². The summed E-state index contributed by atoms with van der Waals surface area (Å²) in [4.78, 5) is 30.1. The largest absolute Gasteiger partial charge is 0.444 e. The third-order valence-electron chi connectivity index (χ3n) is 8.40. The Morgan fingerprint density at radius 3 is 2.69 bits per heavy atom. The molecule has 32 heavy (non-hydrogen) atoms. The number of hydrogen-bond acceptors (Lipinski definition) is 5. The first-order valence-corrected chi connectivity index (χ1v) is 11.8. The number of hydrogen-bond donors (Lipinski definition) is 1. The molecule has 1 fully saturated rings. The number of ketones is 1. The predicted molar refractivity (Wildman–Crippen MR) is 118 cm³/mol. The molecular weight excluding hydrogens is 402 g/mol. The zero-order valence-electron chi connectivity index (χ0n) is 18.4. The van der Waals surface area contributed by atoms with Crippen LogP contribution in [0, 0.1) is 11.3 Å². The number of nitrogens with zero attached hydrogens (tertiary/aromatic N) is 2. The number of carbonyl (C=O) groups excluding carboxylic acids is 2.